The van der Waals surface area contributed by atoms with Crippen LogP contribution < -0.4 is 5.32 Å². The number of likely N-dealkylation sites (tertiary alicyclic amines) is 1. The first-order valence-corrected chi connectivity index (χ1v) is 7.15. The summed E-state index contributed by atoms with van der Waals surface area (Å²) < 4.78 is 0. The maximum atomic E-state index is 9.06. The van der Waals surface area contributed by atoms with Crippen LogP contribution in [0.25, 0.3) is 0 Å². The average molecular weight is 241 g/mol. The number of hydrogen-bond acceptors (Lipinski definition) is 4. The fourth-order valence-electron chi connectivity index (χ4n) is 3.07. The lowest BCUT2D eigenvalue weighted by Crippen LogP contribution is -2.46. The molecule has 0 aliphatic carbocycles. The van der Waals surface area contributed by atoms with E-state index in [1.807, 2.05) is 0 Å². The minimum Gasteiger partial charge on any atom is -0.395 e. The van der Waals surface area contributed by atoms with Crippen molar-refractivity contribution in [1.29, 1.82) is 0 Å². The molecule has 17 heavy (non-hydrogen) atoms. The van der Waals surface area contributed by atoms with Crippen LogP contribution in [0.3, 0.4) is 0 Å². The summed E-state index contributed by atoms with van der Waals surface area (Å²) >= 11 is 0. The molecule has 2 fully saturated rings. The van der Waals surface area contributed by atoms with Gasteiger partial charge in [-0.05, 0) is 25.3 Å². The highest BCUT2D eigenvalue weighted by Gasteiger charge is 2.21. The van der Waals surface area contributed by atoms with Crippen LogP contribution in [0, 0.1) is 5.92 Å². The number of piperazine rings is 1. The molecule has 1 unspecified atom stereocenters. The van der Waals surface area contributed by atoms with Crippen molar-refractivity contribution in [3.05, 3.63) is 0 Å². The predicted molar refractivity (Wildman–Crippen MR) is 70.2 cm³/mol. The normalized spacial score (nSPS) is 29.1. The minimum atomic E-state index is 0.306. The molecule has 0 saturated carbocycles. The van der Waals surface area contributed by atoms with Gasteiger partial charge in [0.1, 0.15) is 0 Å². The van der Waals surface area contributed by atoms with Crippen LogP contribution in [0.2, 0.25) is 0 Å². The summed E-state index contributed by atoms with van der Waals surface area (Å²) in [4.78, 5) is 5.05. The van der Waals surface area contributed by atoms with Crippen molar-refractivity contribution in [2.24, 2.45) is 5.92 Å². The minimum absolute atomic E-state index is 0.306. The number of aliphatic hydroxyl groups excluding tert-OH is 1. The Bertz CT molecular complexity index is 207. The van der Waals surface area contributed by atoms with Crippen LogP contribution in [-0.2, 0) is 0 Å². The van der Waals surface area contributed by atoms with Gasteiger partial charge in [-0.1, -0.05) is 6.42 Å². The molecular weight excluding hydrogens is 214 g/mol. The molecule has 0 aromatic heterocycles. The fourth-order valence-corrected chi connectivity index (χ4v) is 3.07. The van der Waals surface area contributed by atoms with Gasteiger partial charge in [-0.25, -0.2) is 0 Å². The number of rotatable bonds is 4. The van der Waals surface area contributed by atoms with Crippen molar-refractivity contribution >= 4 is 0 Å². The van der Waals surface area contributed by atoms with Gasteiger partial charge in [0.05, 0.1) is 6.61 Å². The molecule has 0 amide bonds. The quantitative estimate of drug-likeness (QED) is 0.726. The predicted octanol–water partition coefficient (Wildman–Crippen LogP) is -0.0140. The Kier molecular flexibility index (Phi) is 5.71. The maximum absolute atomic E-state index is 9.06. The molecule has 2 aliphatic rings. The number of β-amino-alcohol motifs (C(OH)–C–C–N with tert-alkyl or cyclic N) is 1. The number of nitrogens with zero attached hydrogens (tertiary/aromatic N) is 2. The zero-order valence-electron chi connectivity index (χ0n) is 10.9. The summed E-state index contributed by atoms with van der Waals surface area (Å²) in [5, 5.41) is 12.5. The highest BCUT2D eigenvalue weighted by molar-refractivity contribution is 4.76. The monoisotopic (exact) mass is 241 g/mol. The fraction of sp³-hybridized carbons (Fsp3) is 1.00. The second-order valence-electron chi connectivity index (χ2n) is 5.44. The summed E-state index contributed by atoms with van der Waals surface area (Å²) in [5.74, 6) is 0.808. The Hall–Kier alpha value is -0.160. The van der Waals surface area contributed by atoms with E-state index in [1.54, 1.807) is 0 Å². The Morgan fingerprint density at radius 1 is 1.06 bits per heavy atom. The van der Waals surface area contributed by atoms with Gasteiger partial charge in [0.15, 0.2) is 0 Å². The van der Waals surface area contributed by atoms with E-state index >= 15 is 0 Å². The highest BCUT2D eigenvalue weighted by Crippen LogP contribution is 2.17. The van der Waals surface area contributed by atoms with Gasteiger partial charge in [0, 0.05) is 45.8 Å². The van der Waals surface area contributed by atoms with E-state index in [9.17, 15) is 0 Å². The molecule has 2 rings (SSSR count). The smallest absolute Gasteiger partial charge is 0.0558 e. The van der Waals surface area contributed by atoms with Gasteiger partial charge >= 0.3 is 0 Å². The third-order valence-corrected chi connectivity index (χ3v) is 4.00. The van der Waals surface area contributed by atoms with Crippen molar-refractivity contribution in [3.8, 4) is 0 Å². The molecule has 4 heteroatoms. The van der Waals surface area contributed by atoms with Crippen LogP contribution in [0.4, 0.5) is 0 Å². The van der Waals surface area contributed by atoms with Crippen LogP contribution in [-0.4, -0.2) is 73.9 Å². The van der Waals surface area contributed by atoms with Crippen molar-refractivity contribution < 1.29 is 5.11 Å². The van der Waals surface area contributed by atoms with E-state index in [0.717, 1.165) is 25.6 Å². The summed E-state index contributed by atoms with van der Waals surface area (Å²) in [6, 6.07) is 0. The zero-order chi connectivity index (χ0) is 11.9. The third-order valence-electron chi connectivity index (χ3n) is 4.00. The Morgan fingerprint density at radius 3 is 2.65 bits per heavy atom. The van der Waals surface area contributed by atoms with Gasteiger partial charge in [-0.3, -0.25) is 0 Å². The topological polar surface area (TPSA) is 38.7 Å². The lowest BCUT2D eigenvalue weighted by molar-refractivity contribution is 0.152. The van der Waals surface area contributed by atoms with Crippen LogP contribution in [0.5, 0.6) is 0 Å². The zero-order valence-corrected chi connectivity index (χ0v) is 10.9. The molecule has 2 N–H and O–H groups in total. The summed E-state index contributed by atoms with van der Waals surface area (Å²) in [7, 11) is 0. The second kappa shape index (κ2) is 7.31. The van der Waals surface area contributed by atoms with Gasteiger partial charge in [0.2, 0.25) is 0 Å². The third kappa shape index (κ3) is 4.54. The molecule has 0 bridgehead atoms. The van der Waals surface area contributed by atoms with Crippen molar-refractivity contribution in [2.45, 2.75) is 19.3 Å². The highest BCUT2D eigenvalue weighted by atomic mass is 16.3. The van der Waals surface area contributed by atoms with E-state index < -0.39 is 0 Å². The summed E-state index contributed by atoms with van der Waals surface area (Å²) in [6.45, 7) is 9.48. The Labute approximate surface area is 105 Å². The van der Waals surface area contributed by atoms with Crippen LogP contribution in [0.1, 0.15) is 19.3 Å². The largest absolute Gasteiger partial charge is 0.395 e. The number of aliphatic hydroxyl groups is 1. The number of hydrogen-bond donors (Lipinski definition) is 2. The molecule has 4 nitrogen and oxygen atoms in total. The van der Waals surface area contributed by atoms with E-state index in [-0.39, 0.29) is 0 Å². The number of nitrogens with one attached hydrogen (secondary N) is 1. The molecular formula is C13H27N3O. The summed E-state index contributed by atoms with van der Waals surface area (Å²) in [5.41, 5.74) is 0. The lowest BCUT2D eigenvalue weighted by Gasteiger charge is -2.32. The van der Waals surface area contributed by atoms with Gasteiger partial charge in [-0.15, -0.1) is 0 Å². The second-order valence-corrected chi connectivity index (χ2v) is 5.44. The molecule has 2 saturated heterocycles. The SMILES string of the molecule is OCCN1CCCCC(CN2CCNCC2)C1. The molecule has 0 spiro atoms. The van der Waals surface area contributed by atoms with Gasteiger partial charge in [0.25, 0.3) is 0 Å². The van der Waals surface area contributed by atoms with Crippen molar-refractivity contribution in [3.63, 3.8) is 0 Å². The Morgan fingerprint density at radius 2 is 1.88 bits per heavy atom. The standard InChI is InChI=1S/C13H27N3O/c17-10-9-15-6-2-1-3-13(11-15)12-16-7-4-14-5-8-16/h13-14,17H,1-12H2. The van der Waals surface area contributed by atoms with Crippen LogP contribution in [0.15, 0.2) is 0 Å². The van der Waals surface area contributed by atoms with Crippen LogP contribution >= 0.6 is 0 Å². The van der Waals surface area contributed by atoms with E-state index in [1.165, 1.54) is 52.0 Å². The van der Waals surface area contributed by atoms with Gasteiger partial charge < -0.3 is 20.2 Å². The first-order chi connectivity index (χ1) is 8.38. The average Bonchev–Trinajstić information content (AvgIpc) is 2.56. The van der Waals surface area contributed by atoms with E-state index in [4.69, 9.17) is 5.11 Å². The Balaban J connectivity index is 1.77. The molecule has 2 aliphatic heterocycles. The molecule has 0 radical (unpaired) electrons. The maximum Gasteiger partial charge on any atom is 0.0558 e. The van der Waals surface area contributed by atoms with Gasteiger partial charge in [-0.2, -0.15) is 0 Å². The molecule has 1 atom stereocenters. The van der Waals surface area contributed by atoms with Crippen molar-refractivity contribution in [1.82, 2.24) is 15.1 Å². The summed E-state index contributed by atoms with van der Waals surface area (Å²) in [6.07, 6.45) is 4.03. The molecule has 0 aromatic carbocycles. The van der Waals surface area contributed by atoms with Crippen molar-refractivity contribution in [2.75, 3.05) is 59.0 Å². The lowest BCUT2D eigenvalue weighted by atomic mass is 10.0. The van der Waals surface area contributed by atoms with E-state index in [2.05, 4.69) is 15.1 Å². The first-order valence-electron chi connectivity index (χ1n) is 7.15. The molecule has 2 heterocycles. The van der Waals surface area contributed by atoms with E-state index in [0.29, 0.717) is 6.61 Å². The molecule has 0 aromatic rings. The first kappa shape index (κ1) is 13.3. The molecule has 100 valence electrons.